The molecule has 0 spiro atoms. The third kappa shape index (κ3) is 3.85. The number of amides is 1. The molecule has 2 aliphatic rings. The first-order valence-electron chi connectivity index (χ1n) is 11.0. The molecule has 0 unspecified atom stereocenters. The van der Waals surface area contributed by atoms with Gasteiger partial charge in [-0.25, -0.2) is 0 Å². The Morgan fingerprint density at radius 1 is 1.17 bits per heavy atom. The second-order valence-corrected chi connectivity index (χ2v) is 9.58. The van der Waals surface area contributed by atoms with Crippen molar-refractivity contribution in [3.05, 3.63) is 34.9 Å². The van der Waals surface area contributed by atoms with Crippen LogP contribution in [0, 0.1) is 19.3 Å². The Kier molecular flexibility index (Phi) is 5.62. The maximum atomic E-state index is 13.2. The lowest BCUT2D eigenvalue weighted by Gasteiger charge is -2.32. The molecular weight excluding hydrogens is 378 g/mol. The monoisotopic (exact) mass is 411 g/mol. The molecule has 1 aromatic carbocycles. The molecule has 2 aliphatic heterocycles. The van der Waals surface area contributed by atoms with Crippen LogP contribution in [0.3, 0.4) is 0 Å². The zero-order chi connectivity index (χ0) is 21.5. The van der Waals surface area contributed by atoms with Crippen molar-refractivity contribution in [3.63, 3.8) is 0 Å². The van der Waals surface area contributed by atoms with Crippen molar-refractivity contribution in [1.82, 2.24) is 15.1 Å². The number of hydrogen-bond donors (Lipinski definition) is 2. The fourth-order valence-corrected chi connectivity index (χ4v) is 5.07. The Morgan fingerprint density at radius 3 is 2.33 bits per heavy atom. The Hall–Kier alpha value is -2.34. The van der Waals surface area contributed by atoms with Crippen LogP contribution in [0.25, 0.3) is 11.3 Å². The number of benzene rings is 1. The SMILES string of the molecule is Cc1cc(C)cc(-c2[nH]nc(OCC(C)(C)C(=O)N3C4CCC3CC4)c2CCO)c1. The Bertz CT molecular complexity index is 894. The number of H-pyrrole nitrogens is 1. The molecule has 1 aromatic heterocycles. The molecule has 0 saturated carbocycles. The molecule has 2 N–H and O–H groups in total. The number of hydrogen-bond acceptors (Lipinski definition) is 4. The van der Waals surface area contributed by atoms with E-state index in [2.05, 4.69) is 47.1 Å². The van der Waals surface area contributed by atoms with Crippen LogP contribution in [0.5, 0.6) is 5.88 Å². The van der Waals surface area contributed by atoms with Crippen molar-refractivity contribution in [2.24, 2.45) is 5.41 Å². The van der Waals surface area contributed by atoms with E-state index in [0.29, 0.717) is 24.4 Å². The van der Waals surface area contributed by atoms with E-state index < -0.39 is 5.41 Å². The van der Waals surface area contributed by atoms with Crippen LogP contribution < -0.4 is 4.74 Å². The van der Waals surface area contributed by atoms with Crippen LogP contribution in [0.4, 0.5) is 0 Å². The minimum absolute atomic E-state index is 0.00710. The van der Waals surface area contributed by atoms with E-state index >= 15 is 0 Å². The van der Waals surface area contributed by atoms with Gasteiger partial charge in [-0.1, -0.05) is 17.2 Å². The summed E-state index contributed by atoms with van der Waals surface area (Å²) in [6, 6.07) is 7.15. The first kappa shape index (κ1) is 20.9. The van der Waals surface area contributed by atoms with Crippen LogP contribution >= 0.6 is 0 Å². The molecule has 3 heterocycles. The van der Waals surface area contributed by atoms with Gasteiger partial charge in [-0.05, 0) is 65.5 Å². The van der Waals surface area contributed by atoms with Gasteiger partial charge in [-0.15, -0.1) is 5.10 Å². The van der Waals surface area contributed by atoms with Crippen molar-refractivity contribution in [3.8, 4) is 17.1 Å². The molecule has 0 radical (unpaired) electrons. The highest BCUT2D eigenvalue weighted by atomic mass is 16.5. The van der Waals surface area contributed by atoms with Crippen molar-refractivity contribution in [2.45, 2.75) is 71.9 Å². The summed E-state index contributed by atoms with van der Waals surface area (Å²) in [5.74, 6) is 0.657. The van der Waals surface area contributed by atoms with Gasteiger partial charge in [0, 0.05) is 36.2 Å². The van der Waals surface area contributed by atoms with Crippen LogP contribution in [-0.2, 0) is 11.2 Å². The lowest BCUT2D eigenvalue weighted by molar-refractivity contribution is -0.143. The van der Waals surface area contributed by atoms with Crippen molar-refractivity contribution < 1.29 is 14.6 Å². The number of aliphatic hydroxyl groups is 1. The van der Waals surface area contributed by atoms with Crippen molar-refractivity contribution in [2.75, 3.05) is 13.2 Å². The summed E-state index contributed by atoms with van der Waals surface area (Å²) in [6.07, 6.45) is 4.97. The van der Waals surface area contributed by atoms with Gasteiger partial charge in [0.25, 0.3) is 0 Å². The smallest absolute Gasteiger partial charge is 0.236 e. The van der Waals surface area contributed by atoms with Crippen LogP contribution in [-0.4, -0.2) is 51.4 Å². The minimum Gasteiger partial charge on any atom is -0.475 e. The number of carbonyl (C=O) groups excluding carboxylic acids is 1. The lowest BCUT2D eigenvalue weighted by Crippen LogP contribution is -2.46. The zero-order valence-electron chi connectivity index (χ0n) is 18.5. The van der Waals surface area contributed by atoms with Gasteiger partial charge < -0.3 is 14.7 Å². The molecule has 0 aliphatic carbocycles. The summed E-state index contributed by atoms with van der Waals surface area (Å²) in [5, 5.41) is 17.1. The predicted octanol–water partition coefficient (Wildman–Crippen LogP) is 3.79. The van der Waals surface area contributed by atoms with E-state index in [-0.39, 0.29) is 19.1 Å². The van der Waals surface area contributed by atoms with E-state index in [4.69, 9.17) is 4.74 Å². The first-order chi connectivity index (χ1) is 14.3. The van der Waals surface area contributed by atoms with Crippen LogP contribution in [0.2, 0.25) is 0 Å². The minimum atomic E-state index is -0.624. The summed E-state index contributed by atoms with van der Waals surface area (Å²) in [6.45, 7) is 8.31. The van der Waals surface area contributed by atoms with Gasteiger partial charge in [0.2, 0.25) is 11.8 Å². The standard InChI is InChI=1S/C24H33N3O3/c1-15-11-16(2)13-17(12-15)21-20(9-10-28)22(26-25-21)30-14-24(3,4)23(29)27-18-5-6-19(27)8-7-18/h11-13,18-19,28H,5-10,14H2,1-4H3,(H,25,26). The molecule has 2 saturated heterocycles. The zero-order valence-corrected chi connectivity index (χ0v) is 18.5. The topological polar surface area (TPSA) is 78.5 Å². The Labute approximate surface area is 178 Å². The molecular formula is C24H33N3O3. The van der Waals surface area contributed by atoms with Crippen LogP contribution in [0.1, 0.15) is 56.2 Å². The molecule has 162 valence electrons. The molecule has 1 amide bonds. The van der Waals surface area contributed by atoms with Gasteiger partial charge >= 0.3 is 0 Å². The second kappa shape index (κ2) is 8.06. The van der Waals surface area contributed by atoms with Gasteiger partial charge in [0.1, 0.15) is 6.61 Å². The second-order valence-electron chi connectivity index (χ2n) is 9.58. The largest absolute Gasteiger partial charge is 0.475 e. The number of aliphatic hydroxyl groups excluding tert-OH is 1. The molecule has 0 atom stereocenters. The van der Waals surface area contributed by atoms with Gasteiger partial charge in [0.15, 0.2) is 0 Å². The first-order valence-corrected chi connectivity index (χ1v) is 11.0. The molecule has 2 bridgehead atoms. The number of ether oxygens (including phenoxy) is 1. The number of nitrogens with zero attached hydrogens (tertiary/aromatic N) is 2. The molecule has 30 heavy (non-hydrogen) atoms. The van der Waals surface area contributed by atoms with Gasteiger partial charge in [0.05, 0.1) is 11.1 Å². The van der Waals surface area contributed by atoms with E-state index in [0.717, 1.165) is 42.5 Å². The number of fused-ring (bicyclic) bond motifs is 2. The highest BCUT2D eigenvalue weighted by Crippen LogP contribution is 2.40. The average molecular weight is 412 g/mol. The fraction of sp³-hybridized carbons (Fsp3) is 0.583. The summed E-state index contributed by atoms with van der Waals surface area (Å²) < 4.78 is 6.09. The summed E-state index contributed by atoms with van der Waals surface area (Å²) in [7, 11) is 0. The summed E-state index contributed by atoms with van der Waals surface area (Å²) in [4.78, 5) is 15.4. The lowest BCUT2D eigenvalue weighted by atomic mass is 9.92. The number of rotatable bonds is 7. The van der Waals surface area contributed by atoms with E-state index in [1.165, 1.54) is 11.1 Å². The molecule has 2 aromatic rings. The van der Waals surface area contributed by atoms with Crippen molar-refractivity contribution in [1.29, 1.82) is 0 Å². The number of aryl methyl sites for hydroxylation is 2. The molecule has 6 nitrogen and oxygen atoms in total. The third-order valence-electron chi connectivity index (χ3n) is 6.54. The third-order valence-corrected chi connectivity index (χ3v) is 6.54. The van der Waals surface area contributed by atoms with E-state index in [1.54, 1.807) is 0 Å². The van der Waals surface area contributed by atoms with Gasteiger partial charge in [-0.2, -0.15) is 0 Å². The summed E-state index contributed by atoms with van der Waals surface area (Å²) >= 11 is 0. The van der Waals surface area contributed by atoms with E-state index in [1.807, 2.05) is 13.8 Å². The predicted molar refractivity (Wildman–Crippen MR) is 116 cm³/mol. The van der Waals surface area contributed by atoms with Crippen LogP contribution in [0.15, 0.2) is 18.2 Å². The number of aromatic nitrogens is 2. The summed E-state index contributed by atoms with van der Waals surface area (Å²) in [5.41, 5.74) is 4.47. The highest BCUT2D eigenvalue weighted by Gasteiger charge is 2.46. The van der Waals surface area contributed by atoms with E-state index in [9.17, 15) is 9.90 Å². The quantitative estimate of drug-likeness (QED) is 0.727. The maximum absolute atomic E-state index is 13.2. The maximum Gasteiger partial charge on any atom is 0.236 e. The number of nitrogens with one attached hydrogen (secondary N) is 1. The average Bonchev–Trinajstić information content (AvgIpc) is 3.39. The number of carbonyl (C=O) groups is 1. The van der Waals surface area contributed by atoms with Crippen molar-refractivity contribution >= 4 is 5.91 Å². The molecule has 2 fully saturated rings. The molecule has 6 heteroatoms. The fourth-order valence-electron chi connectivity index (χ4n) is 5.07. The Morgan fingerprint density at radius 2 is 1.77 bits per heavy atom. The number of aromatic amines is 1. The molecule has 4 rings (SSSR count). The highest BCUT2D eigenvalue weighted by molar-refractivity contribution is 5.83. The normalized spacial score (nSPS) is 20.8. The van der Waals surface area contributed by atoms with Gasteiger partial charge in [-0.3, -0.25) is 9.89 Å². The Balaban J connectivity index is 1.53.